The summed E-state index contributed by atoms with van der Waals surface area (Å²) in [7, 11) is -3.52. The van der Waals surface area contributed by atoms with E-state index in [0.717, 1.165) is 10.6 Å². The van der Waals surface area contributed by atoms with Gasteiger partial charge in [0.25, 0.3) is 0 Å². The topological polar surface area (TPSA) is 66.5 Å². The lowest BCUT2D eigenvalue weighted by atomic mass is 10.1. The van der Waals surface area contributed by atoms with Crippen molar-refractivity contribution in [1.82, 2.24) is 9.62 Å². The van der Waals surface area contributed by atoms with Gasteiger partial charge in [-0.25, -0.2) is 8.42 Å². The summed E-state index contributed by atoms with van der Waals surface area (Å²) in [6, 6.07) is 6.97. The molecular formula is C15H23ClN2O3S. The molecule has 124 valence electrons. The lowest BCUT2D eigenvalue weighted by Gasteiger charge is -2.23. The number of benzene rings is 1. The molecule has 7 heteroatoms. The van der Waals surface area contributed by atoms with Crippen LogP contribution in [0.15, 0.2) is 24.3 Å². The number of amides is 1. The monoisotopic (exact) mass is 346 g/mol. The van der Waals surface area contributed by atoms with Crippen LogP contribution < -0.4 is 5.32 Å². The summed E-state index contributed by atoms with van der Waals surface area (Å²) < 4.78 is 24.9. The Morgan fingerprint density at radius 3 is 2.36 bits per heavy atom. The lowest BCUT2D eigenvalue weighted by Crippen LogP contribution is -2.44. The van der Waals surface area contributed by atoms with Gasteiger partial charge in [0.15, 0.2) is 0 Å². The van der Waals surface area contributed by atoms with Crippen LogP contribution in [0.5, 0.6) is 0 Å². The van der Waals surface area contributed by atoms with E-state index in [1.165, 1.54) is 0 Å². The summed E-state index contributed by atoms with van der Waals surface area (Å²) in [4.78, 5) is 12.0. The Labute approximate surface area is 137 Å². The zero-order valence-electron chi connectivity index (χ0n) is 13.3. The summed E-state index contributed by atoms with van der Waals surface area (Å²) >= 11 is 6.06. The normalized spacial score (nSPS) is 13.4. The van der Waals surface area contributed by atoms with Crippen molar-refractivity contribution in [2.45, 2.75) is 33.4 Å². The molecule has 0 spiro atoms. The highest BCUT2D eigenvalue weighted by atomic mass is 35.5. The van der Waals surface area contributed by atoms with Gasteiger partial charge < -0.3 is 5.32 Å². The molecule has 5 nitrogen and oxygen atoms in total. The van der Waals surface area contributed by atoms with E-state index in [1.807, 2.05) is 20.8 Å². The van der Waals surface area contributed by atoms with Crippen molar-refractivity contribution in [3.8, 4) is 0 Å². The molecule has 1 aromatic carbocycles. The maximum absolute atomic E-state index is 12.0. The van der Waals surface area contributed by atoms with Crippen molar-refractivity contribution in [3.05, 3.63) is 34.9 Å². The lowest BCUT2D eigenvalue weighted by molar-refractivity contribution is -0.122. The van der Waals surface area contributed by atoms with Gasteiger partial charge in [-0.3, -0.25) is 4.79 Å². The Morgan fingerprint density at radius 2 is 1.86 bits per heavy atom. The third-order valence-electron chi connectivity index (χ3n) is 3.48. The molecule has 0 bridgehead atoms. The van der Waals surface area contributed by atoms with Gasteiger partial charge in [-0.15, -0.1) is 0 Å². The van der Waals surface area contributed by atoms with Crippen LogP contribution >= 0.6 is 11.6 Å². The first-order valence-electron chi connectivity index (χ1n) is 7.09. The third kappa shape index (κ3) is 5.94. The average Bonchev–Trinajstić information content (AvgIpc) is 2.39. The molecule has 1 rings (SSSR count). The minimum Gasteiger partial charge on any atom is -0.352 e. The molecule has 0 aliphatic heterocycles. The second-order valence-corrected chi connectivity index (χ2v) is 8.11. The number of hydrogen-bond acceptors (Lipinski definition) is 3. The molecule has 0 fully saturated rings. The van der Waals surface area contributed by atoms with E-state index in [2.05, 4.69) is 5.32 Å². The van der Waals surface area contributed by atoms with Crippen molar-refractivity contribution >= 4 is 27.5 Å². The highest BCUT2D eigenvalue weighted by Crippen LogP contribution is 2.18. The van der Waals surface area contributed by atoms with Gasteiger partial charge >= 0.3 is 0 Å². The number of nitrogens with one attached hydrogen (secondary N) is 1. The van der Waals surface area contributed by atoms with Gasteiger partial charge in [-0.05, 0) is 24.5 Å². The minimum atomic E-state index is -3.52. The van der Waals surface area contributed by atoms with Crippen LogP contribution in [0.4, 0.5) is 0 Å². The van der Waals surface area contributed by atoms with E-state index >= 15 is 0 Å². The molecule has 0 saturated carbocycles. The van der Waals surface area contributed by atoms with E-state index in [-0.39, 0.29) is 31.0 Å². The molecule has 0 saturated heterocycles. The molecule has 1 amide bonds. The smallest absolute Gasteiger partial charge is 0.235 e. The molecule has 0 heterocycles. The van der Waals surface area contributed by atoms with Crippen LogP contribution in [-0.2, 0) is 21.4 Å². The molecule has 0 radical (unpaired) electrons. The zero-order valence-corrected chi connectivity index (χ0v) is 14.9. The van der Waals surface area contributed by atoms with E-state index in [1.54, 1.807) is 24.3 Å². The van der Waals surface area contributed by atoms with Crippen molar-refractivity contribution in [2.24, 2.45) is 5.92 Å². The maximum Gasteiger partial charge on any atom is 0.235 e. The zero-order chi connectivity index (χ0) is 16.9. The number of rotatable bonds is 7. The number of hydrogen-bond donors (Lipinski definition) is 1. The third-order valence-corrected chi connectivity index (χ3v) is 5.05. The van der Waals surface area contributed by atoms with E-state index in [0.29, 0.717) is 10.6 Å². The Morgan fingerprint density at radius 1 is 1.27 bits per heavy atom. The molecule has 1 atom stereocenters. The van der Waals surface area contributed by atoms with Crippen LogP contribution in [0.2, 0.25) is 5.02 Å². The average molecular weight is 347 g/mol. The fraction of sp³-hybridized carbons (Fsp3) is 0.533. The molecule has 0 aromatic heterocycles. The molecular weight excluding hydrogens is 324 g/mol. The fourth-order valence-electron chi connectivity index (χ4n) is 1.73. The maximum atomic E-state index is 12.0. The van der Waals surface area contributed by atoms with Crippen LogP contribution in [-0.4, -0.2) is 37.5 Å². The molecule has 1 aromatic rings. The highest BCUT2D eigenvalue weighted by Gasteiger charge is 2.22. The number of halogens is 1. The summed E-state index contributed by atoms with van der Waals surface area (Å²) in [5.41, 5.74) is 0.666. The van der Waals surface area contributed by atoms with E-state index < -0.39 is 10.0 Å². The molecule has 1 N–H and O–H groups in total. The van der Waals surface area contributed by atoms with E-state index in [9.17, 15) is 13.2 Å². The van der Waals surface area contributed by atoms with Crippen molar-refractivity contribution in [1.29, 1.82) is 0 Å². The standard InChI is InChI=1S/C15H23ClN2O3S/c1-11(2)12(3)17-15(19)10-18(22(4,20)21)9-13-7-5-6-8-14(13)16/h5-8,11-12H,9-10H2,1-4H3,(H,17,19)/t12-/m1/s1. The summed E-state index contributed by atoms with van der Waals surface area (Å²) in [6.45, 7) is 5.72. The van der Waals surface area contributed by atoms with Gasteiger partial charge in [-0.1, -0.05) is 43.6 Å². The first-order chi connectivity index (χ1) is 10.1. The van der Waals surface area contributed by atoms with E-state index in [4.69, 9.17) is 11.6 Å². The van der Waals surface area contributed by atoms with Gasteiger partial charge in [0.2, 0.25) is 15.9 Å². The first kappa shape index (κ1) is 18.9. The van der Waals surface area contributed by atoms with Crippen LogP contribution in [0.3, 0.4) is 0 Å². The van der Waals surface area contributed by atoms with Crippen LogP contribution in [0.25, 0.3) is 0 Å². The largest absolute Gasteiger partial charge is 0.352 e. The molecule has 0 aliphatic rings. The molecule has 0 unspecified atom stereocenters. The second kappa shape index (κ2) is 7.94. The summed E-state index contributed by atoms with van der Waals surface area (Å²) in [5.74, 6) is -0.0436. The second-order valence-electron chi connectivity index (χ2n) is 5.72. The highest BCUT2D eigenvalue weighted by molar-refractivity contribution is 7.88. The predicted molar refractivity (Wildman–Crippen MR) is 89.1 cm³/mol. The molecule has 22 heavy (non-hydrogen) atoms. The number of carbonyl (C=O) groups excluding carboxylic acids is 1. The Kier molecular flexibility index (Phi) is 6.84. The predicted octanol–water partition coefficient (Wildman–Crippen LogP) is 2.26. The SMILES string of the molecule is CC(C)[C@@H](C)NC(=O)CN(Cc1ccccc1Cl)S(C)(=O)=O. The molecule has 0 aliphatic carbocycles. The Bertz CT molecular complexity index is 617. The van der Waals surface area contributed by atoms with Crippen LogP contribution in [0.1, 0.15) is 26.3 Å². The van der Waals surface area contributed by atoms with Crippen LogP contribution in [0, 0.1) is 5.92 Å². The van der Waals surface area contributed by atoms with Crippen molar-refractivity contribution in [2.75, 3.05) is 12.8 Å². The number of sulfonamides is 1. The number of nitrogens with zero attached hydrogens (tertiary/aromatic N) is 1. The van der Waals surface area contributed by atoms with Crippen molar-refractivity contribution in [3.63, 3.8) is 0 Å². The first-order valence-corrected chi connectivity index (χ1v) is 9.31. The van der Waals surface area contributed by atoms with Gasteiger partial charge in [0, 0.05) is 17.6 Å². The fourth-order valence-corrected chi connectivity index (χ4v) is 2.65. The summed E-state index contributed by atoms with van der Waals surface area (Å²) in [6.07, 6.45) is 1.09. The van der Waals surface area contributed by atoms with Crippen molar-refractivity contribution < 1.29 is 13.2 Å². The Hall–Kier alpha value is -1.11. The minimum absolute atomic E-state index is 0.0192. The summed E-state index contributed by atoms with van der Waals surface area (Å²) in [5, 5.41) is 3.28. The van der Waals surface area contributed by atoms with Gasteiger partial charge in [-0.2, -0.15) is 4.31 Å². The quantitative estimate of drug-likeness (QED) is 0.823. The van der Waals surface area contributed by atoms with Gasteiger partial charge in [0.05, 0.1) is 12.8 Å². The Balaban J connectivity index is 2.83. The van der Waals surface area contributed by atoms with Gasteiger partial charge in [0.1, 0.15) is 0 Å². The number of carbonyl (C=O) groups is 1.